The van der Waals surface area contributed by atoms with Crippen LogP contribution >= 0.6 is 0 Å². The first-order chi connectivity index (χ1) is 12.5. The highest BCUT2D eigenvalue weighted by Crippen LogP contribution is 2.29. The van der Waals surface area contributed by atoms with Gasteiger partial charge in [0.1, 0.15) is 11.5 Å². The predicted molar refractivity (Wildman–Crippen MR) is 97.9 cm³/mol. The Morgan fingerprint density at radius 3 is 2.62 bits per heavy atom. The molecular formula is C19H27N5O2. The molecule has 7 nitrogen and oxygen atoms in total. The largest absolute Gasteiger partial charge is 0.381 e. The maximum Gasteiger partial charge on any atom is 0.272 e. The number of hydrogen-bond donors (Lipinski definition) is 1. The van der Waals surface area contributed by atoms with E-state index < -0.39 is 0 Å². The maximum absolute atomic E-state index is 13.0. The van der Waals surface area contributed by atoms with Gasteiger partial charge in [0.15, 0.2) is 0 Å². The molecule has 1 saturated heterocycles. The molecule has 0 aromatic carbocycles. The van der Waals surface area contributed by atoms with Crippen molar-refractivity contribution >= 4 is 5.91 Å². The minimum atomic E-state index is -0.194. The van der Waals surface area contributed by atoms with Gasteiger partial charge in [-0.05, 0) is 46.5 Å². The lowest BCUT2D eigenvalue weighted by molar-refractivity contribution is 0.0497. The van der Waals surface area contributed by atoms with E-state index in [9.17, 15) is 4.79 Å². The Morgan fingerprint density at radius 1 is 1.23 bits per heavy atom. The summed E-state index contributed by atoms with van der Waals surface area (Å²) >= 11 is 0. The van der Waals surface area contributed by atoms with Gasteiger partial charge in [-0.1, -0.05) is 0 Å². The monoisotopic (exact) mass is 357 g/mol. The van der Waals surface area contributed by atoms with Crippen molar-refractivity contribution in [2.24, 2.45) is 5.92 Å². The van der Waals surface area contributed by atoms with Crippen LogP contribution in [0.4, 0.5) is 0 Å². The second kappa shape index (κ2) is 7.95. The number of carbonyl (C=O) groups is 1. The second-order valence-electron chi connectivity index (χ2n) is 6.80. The molecule has 0 bridgehead atoms. The number of hydrogen-bond acceptors (Lipinski definition) is 5. The first kappa shape index (κ1) is 18.5. The van der Waals surface area contributed by atoms with Crippen LogP contribution in [-0.2, 0) is 11.3 Å². The molecule has 1 N–H and O–H groups in total. The Morgan fingerprint density at radius 2 is 1.92 bits per heavy atom. The summed E-state index contributed by atoms with van der Waals surface area (Å²) in [6.45, 7) is 9.92. The summed E-state index contributed by atoms with van der Waals surface area (Å²) in [5, 5.41) is 3.19. The average molecular weight is 357 g/mol. The smallest absolute Gasteiger partial charge is 0.272 e. The SMILES string of the molecule is CCn1ccnc1C(NC(=O)c1nc(C)c(C)nc1C)C1CCOCC1. The molecule has 3 heterocycles. The third kappa shape index (κ3) is 3.77. The summed E-state index contributed by atoms with van der Waals surface area (Å²) in [6.07, 6.45) is 5.55. The van der Waals surface area contributed by atoms with Crippen LogP contribution in [0.5, 0.6) is 0 Å². The molecular weight excluding hydrogens is 330 g/mol. The van der Waals surface area contributed by atoms with Gasteiger partial charge >= 0.3 is 0 Å². The summed E-state index contributed by atoms with van der Waals surface area (Å²) in [5.74, 6) is 0.989. The van der Waals surface area contributed by atoms with Crippen LogP contribution < -0.4 is 5.32 Å². The number of carbonyl (C=O) groups excluding carboxylic acids is 1. The molecule has 140 valence electrons. The van der Waals surface area contributed by atoms with Gasteiger partial charge in [0.2, 0.25) is 0 Å². The number of rotatable bonds is 5. The Labute approximate surface area is 154 Å². The van der Waals surface area contributed by atoms with Crippen molar-refractivity contribution in [1.82, 2.24) is 24.8 Å². The van der Waals surface area contributed by atoms with E-state index in [2.05, 4.69) is 31.8 Å². The number of nitrogens with zero attached hydrogens (tertiary/aromatic N) is 4. The lowest BCUT2D eigenvalue weighted by atomic mass is 9.91. The number of imidazole rings is 1. The van der Waals surface area contributed by atoms with Crippen LogP contribution in [0.1, 0.15) is 59.2 Å². The van der Waals surface area contributed by atoms with Gasteiger partial charge in [0.05, 0.1) is 23.1 Å². The van der Waals surface area contributed by atoms with E-state index in [4.69, 9.17) is 4.74 Å². The molecule has 26 heavy (non-hydrogen) atoms. The van der Waals surface area contributed by atoms with Gasteiger partial charge < -0.3 is 14.6 Å². The molecule has 0 aliphatic carbocycles. The Hall–Kier alpha value is -2.28. The fourth-order valence-corrected chi connectivity index (χ4v) is 3.45. The number of aryl methyl sites for hydroxylation is 4. The van der Waals surface area contributed by atoms with Crippen molar-refractivity contribution in [3.63, 3.8) is 0 Å². The first-order valence-electron chi connectivity index (χ1n) is 9.22. The van der Waals surface area contributed by atoms with Gasteiger partial charge in [0, 0.05) is 32.2 Å². The number of nitrogens with one attached hydrogen (secondary N) is 1. The normalized spacial score (nSPS) is 16.5. The van der Waals surface area contributed by atoms with Crippen molar-refractivity contribution in [2.45, 2.75) is 53.1 Å². The maximum atomic E-state index is 13.0. The van der Waals surface area contributed by atoms with Crippen LogP contribution in [0.2, 0.25) is 0 Å². The molecule has 0 saturated carbocycles. The van der Waals surface area contributed by atoms with Crippen molar-refractivity contribution in [3.05, 3.63) is 41.0 Å². The van der Waals surface area contributed by atoms with E-state index >= 15 is 0 Å². The highest BCUT2D eigenvalue weighted by Gasteiger charge is 2.31. The second-order valence-corrected chi connectivity index (χ2v) is 6.80. The fraction of sp³-hybridized carbons (Fsp3) is 0.579. The summed E-state index contributed by atoms with van der Waals surface area (Å²) in [6, 6.07) is -0.163. The topological polar surface area (TPSA) is 81.9 Å². The molecule has 1 unspecified atom stereocenters. The zero-order chi connectivity index (χ0) is 18.7. The molecule has 0 spiro atoms. The summed E-state index contributed by atoms with van der Waals surface area (Å²) in [5.41, 5.74) is 2.66. The molecule has 1 amide bonds. The number of amides is 1. The molecule has 0 radical (unpaired) electrons. The molecule has 2 aromatic rings. The zero-order valence-corrected chi connectivity index (χ0v) is 16.0. The molecule has 1 atom stereocenters. The molecule has 7 heteroatoms. The Bertz CT molecular complexity index is 780. The van der Waals surface area contributed by atoms with Gasteiger partial charge in [-0.3, -0.25) is 9.78 Å². The first-order valence-corrected chi connectivity index (χ1v) is 9.22. The van der Waals surface area contributed by atoms with Crippen LogP contribution in [0.15, 0.2) is 12.4 Å². The highest BCUT2D eigenvalue weighted by atomic mass is 16.5. The van der Waals surface area contributed by atoms with Gasteiger partial charge in [-0.2, -0.15) is 0 Å². The predicted octanol–water partition coefficient (Wildman–Crippen LogP) is 2.52. The van der Waals surface area contributed by atoms with E-state index in [1.54, 1.807) is 6.20 Å². The summed E-state index contributed by atoms with van der Waals surface area (Å²) in [4.78, 5) is 26.4. The van der Waals surface area contributed by atoms with E-state index in [1.165, 1.54) is 0 Å². The molecule has 2 aromatic heterocycles. The molecule has 1 aliphatic heterocycles. The number of aromatic nitrogens is 4. The lowest BCUT2D eigenvalue weighted by Gasteiger charge is -2.31. The third-order valence-electron chi connectivity index (χ3n) is 5.09. The van der Waals surface area contributed by atoms with Crippen LogP contribution in [0.25, 0.3) is 0 Å². The van der Waals surface area contributed by atoms with Gasteiger partial charge in [0.25, 0.3) is 5.91 Å². The standard InChI is InChI=1S/C19H27N5O2/c1-5-24-9-8-20-18(24)17(15-6-10-26-11-7-15)23-19(25)16-14(4)21-12(2)13(3)22-16/h8-9,15,17H,5-7,10-11H2,1-4H3,(H,23,25). The number of ether oxygens (including phenoxy) is 1. The van der Waals surface area contributed by atoms with Crippen molar-refractivity contribution in [3.8, 4) is 0 Å². The molecule has 1 fully saturated rings. The van der Waals surface area contributed by atoms with Gasteiger partial charge in [-0.25, -0.2) is 9.97 Å². The minimum absolute atomic E-state index is 0.163. The minimum Gasteiger partial charge on any atom is -0.381 e. The lowest BCUT2D eigenvalue weighted by Crippen LogP contribution is -2.38. The molecule has 3 rings (SSSR count). The molecule has 1 aliphatic rings. The summed E-state index contributed by atoms with van der Waals surface area (Å²) in [7, 11) is 0. The Kier molecular flexibility index (Phi) is 5.66. The van der Waals surface area contributed by atoms with Crippen LogP contribution in [0, 0.1) is 26.7 Å². The summed E-state index contributed by atoms with van der Waals surface area (Å²) < 4.78 is 7.58. The highest BCUT2D eigenvalue weighted by molar-refractivity contribution is 5.93. The van der Waals surface area contributed by atoms with E-state index in [0.29, 0.717) is 30.5 Å². The Balaban J connectivity index is 1.90. The van der Waals surface area contributed by atoms with E-state index in [0.717, 1.165) is 36.6 Å². The van der Waals surface area contributed by atoms with Crippen molar-refractivity contribution in [2.75, 3.05) is 13.2 Å². The zero-order valence-electron chi connectivity index (χ0n) is 16.0. The van der Waals surface area contributed by atoms with Gasteiger partial charge in [-0.15, -0.1) is 0 Å². The van der Waals surface area contributed by atoms with Crippen LogP contribution in [0.3, 0.4) is 0 Å². The van der Waals surface area contributed by atoms with E-state index in [-0.39, 0.29) is 11.9 Å². The average Bonchev–Trinajstić information content (AvgIpc) is 3.11. The third-order valence-corrected chi connectivity index (χ3v) is 5.09. The van der Waals surface area contributed by atoms with Crippen molar-refractivity contribution < 1.29 is 9.53 Å². The van der Waals surface area contributed by atoms with Crippen molar-refractivity contribution in [1.29, 1.82) is 0 Å². The van der Waals surface area contributed by atoms with Crippen LogP contribution in [-0.4, -0.2) is 38.6 Å². The quantitative estimate of drug-likeness (QED) is 0.889. The fourth-order valence-electron chi connectivity index (χ4n) is 3.45. The van der Waals surface area contributed by atoms with E-state index in [1.807, 2.05) is 27.0 Å².